The van der Waals surface area contributed by atoms with E-state index in [9.17, 15) is 4.79 Å². The number of hydrogen-bond acceptors (Lipinski definition) is 4. The smallest absolute Gasteiger partial charge is 0.233 e. The summed E-state index contributed by atoms with van der Waals surface area (Å²) in [6.07, 6.45) is 1.10. The van der Waals surface area contributed by atoms with Gasteiger partial charge in [-0.05, 0) is 26.7 Å². The molecule has 1 rings (SSSR count). The number of nitrogens with one attached hydrogen (secondary N) is 1. The van der Waals surface area contributed by atoms with Crippen molar-refractivity contribution in [1.29, 1.82) is 0 Å². The molecule has 0 aliphatic carbocycles. The quantitative estimate of drug-likeness (QED) is 0.694. The van der Waals surface area contributed by atoms with Gasteiger partial charge < -0.3 is 20.5 Å². The zero-order valence-electron chi connectivity index (χ0n) is 11.0. The zero-order chi connectivity index (χ0) is 13.6. The molecule has 0 bridgehead atoms. The highest BCUT2D eigenvalue weighted by atomic mass is 32.1. The van der Waals surface area contributed by atoms with Gasteiger partial charge in [0.25, 0.3) is 0 Å². The maximum atomic E-state index is 12.3. The molecule has 1 aliphatic heterocycles. The average molecular weight is 274 g/mol. The van der Waals surface area contributed by atoms with Crippen LogP contribution in [0.4, 0.5) is 0 Å². The topological polar surface area (TPSA) is 73.6 Å². The minimum Gasteiger partial charge on any atom is -0.392 e. The van der Waals surface area contributed by atoms with Gasteiger partial charge in [0.2, 0.25) is 5.91 Å². The van der Waals surface area contributed by atoms with Crippen LogP contribution in [0, 0.1) is 5.41 Å². The molecule has 0 aromatic heterocycles. The second kappa shape index (κ2) is 7.01. The van der Waals surface area contributed by atoms with Crippen molar-refractivity contribution in [1.82, 2.24) is 5.32 Å². The van der Waals surface area contributed by atoms with Gasteiger partial charge in [-0.1, -0.05) is 12.2 Å². The van der Waals surface area contributed by atoms with Crippen LogP contribution in [0.1, 0.15) is 26.7 Å². The molecule has 104 valence electrons. The monoisotopic (exact) mass is 274 g/mol. The molecule has 1 amide bonds. The van der Waals surface area contributed by atoms with Gasteiger partial charge >= 0.3 is 0 Å². The predicted molar refractivity (Wildman–Crippen MR) is 73.4 cm³/mol. The Balaban J connectivity index is 2.63. The molecule has 1 unspecified atom stereocenters. The summed E-state index contributed by atoms with van der Waals surface area (Å²) < 4.78 is 10.5. The maximum absolute atomic E-state index is 12.3. The third-order valence-electron chi connectivity index (χ3n) is 3.20. The van der Waals surface area contributed by atoms with Crippen LogP contribution in [0.3, 0.4) is 0 Å². The molecule has 1 aliphatic rings. The first-order valence-corrected chi connectivity index (χ1v) is 6.70. The highest BCUT2D eigenvalue weighted by Crippen LogP contribution is 2.31. The minimum atomic E-state index is -0.756. The molecule has 1 saturated heterocycles. The first-order valence-electron chi connectivity index (χ1n) is 6.29. The lowest BCUT2D eigenvalue weighted by Gasteiger charge is -2.35. The molecule has 1 fully saturated rings. The molecule has 6 heteroatoms. The van der Waals surface area contributed by atoms with Gasteiger partial charge in [0.15, 0.2) is 0 Å². The van der Waals surface area contributed by atoms with Gasteiger partial charge in [-0.3, -0.25) is 4.79 Å². The Bertz CT molecular complexity index is 304. The molecule has 1 heterocycles. The summed E-state index contributed by atoms with van der Waals surface area (Å²) in [7, 11) is 0. The van der Waals surface area contributed by atoms with Gasteiger partial charge in [0, 0.05) is 25.9 Å². The number of thiocarbonyl (C=S) groups is 1. The summed E-state index contributed by atoms with van der Waals surface area (Å²) in [5.41, 5.74) is 5.01. The van der Waals surface area contributed by atoms with Crippen LogP contribution in [0.15, 0.2) is 0 Å². The van der Waals surface area contributed by atoms with E-state index in [1.165, 1.54) is 0 Å². The summed E-state index contributed by atoms with van der Waals surface area (Å²) in [6, 6.07) is -0.0495. The molecule has 0 saturated carbocycles. The largest absolute Gasteiger partial charge is 0.392 e. The van der Waals surface area contributed by atoms with E-state index >= 15 is 0 Å². The van der Waals surface area contributed by atoms with Crippen molar-refractivity contribution in [3.05, 3.63) is 0 Å². The van der Waals surface area contributed by atoms with E-state index < -0.39 is 5.41 Å². The van der Waals surface area contributed by atoms with E-state index in [-0.39, 0.29) is 16.9 Å². The van der Waals surface area contributed by atoms with Gasteiger partial charge in [-0.2, -0.15) is 0 Å². The summed E-state index contributed by atoms with van der Waals surface area (Å²) in [5.74, 6) is -0.106. The van der Waals surface area contributed by atoms with Gasteiger partial charge in [0.1, 0.15) is 5.41 Å². The molecule has 0 spiro atoms. The number of rotatable bonds is 6. The Morgan fingerprint density at radius 2 is 2.17 bits per heavy atom. The Morgan fingerprint density at radius 1 is 1.56 bits per heavy atom. The normalized spacial score (nSPS) is 20.1. The van der Waals surface area contributed by atoms with Crippen molar-refractivity contribution in [3.8, 4) is 0 Å². The van der Waals surface area contributed by atoms with E-state index in [4.69, 9.17) is 27.4 Å². The fourth-order valence-corrected chi connectivity index (χ4v) is 2.30. The van der Waals surface area contributed by atoms with Crippen molar-refractivity contribution in [2.75, 3.05) is 26.4 Å². The Kier molecular flexibility index (Phi) is 5.98. The Labute approximate surface area is 113 Å². The number of carbonyl (C=O) groups excluding carboxylic acids is 1. The van der Waals surface area contributed by atoms with E-state index in [2.05, 4.69) is 5.32 Å². The number of nitrogens with two attached hydrogens (primary N) is 1. The zero-order valence-corrected chi connectivity index (χ0v) is 11.8. The molecule has 5 nitrogen and oxygen atoms in total. The average Bonchev–Trinajstić information content (AvgIpc) is 2.36. The van der Waals surface area contributed by atoms with Crippen LogP contribution < -0.4 is 11.1 Å². The summed E-state index contributed by atoms with van der Waals surface area (Å²) >= 11 is 5.07. The van der Waals surface area contributed by atoms with E-state index in [0.29, 0.717) is 39.3 Å². The van der Waals surface area contributed by atoms with Crippen LogP contribution in [-0.4, -0.2) is 43.4 Å². The van der Waals surface area contributed by atoms with Crippen molar-refractivity contribution in [2.24, 2.45) is 11.1 Å². The second-order valence-corrected chi connectivity index (χ2v) is 5.03. The van der Waals surface area contributed by atoms with Gasteiger partial charge in [-0.15, -0.1) is 0 Å². The third-order valence-corrected chi connectivity index (χ3v) is 3.59. The summed E-state index contributed by atoms with van der Waals surface area (Å²) in [4.78, 5) is 12.6. The fraction of sp³-hybridized carbons (Fsp3) is 0.833. The highest BCUT2D eigenvalue weighted by Gasteiger charge is 2.43. The highest BCUT2D eigenvalue weighted by molar-refractivity contribution is 7.80. The lowest BCUT2D eigenvalue weighted by molar-refractivity contribution is -0.132. The van der Waals surface area contributed by atoms with Gasteiger partial charge in [-0.25, -0.2) is 0 Å². The van der Waals surface area contributed by atoms with Gasteiger partial charge in [0.05, 0.1) is 11.6 Å². The van der Waals surface area contributed by atoms with Crippen molar-refractivity contribution in [2.45, 2.75) is 32.7 Å². The SMILES string of the molecule is CCOCC(C)NC(=O)C1(C(N)=S)CCOCC1. The molecule has 0 aromatic carbocycles. The van der Waals surface area contributed by atoms with Crippen LogP contribution in [0.2, 0.25) is 0 Å². The predicted octanol–water partition coefficient (Wildman–Crippen LogP) is 0.611. The van der Waals surface area contributed by atoms with Crippen LogP contribution in [0.25, 0.3) is 0 Å². The van der Waals surface area contributed by atoms with Crippen LogP contribution in [-0.2, 0) is 14.3 Å². The summed E-state index contributed by atoms with van der Waals surface area (Å²) in [6.45, 7) is 5.99. The molecule has 1 atom stereocenters. The number of carbonyl (C=O) groups is 1. The molecule has 3 N–H and O–H groups in total. The lowest BCUT2D eigenvalue weighted by Crippen LogP contribution is -2.54. The molecule has 18 heavy (non-hydrogen) atoms. The van der Waals surface area contributed by atoms with Crippen LogP contribution in [0.5, 0.6) is 0 Å². The number of hydrogen-bond donors (Lipinski definition) is 2. The van der Waals surface area contributed by atoms with E-state index in [0.717, 1.165) is 0 Å². The molecular formula is C12H22N2O3S. The molecule has 0 aromatic rings. The molecular weight excluding hydrogens is 252 g/mol. The van der Waals surface area contributed by atoms with E-state index in [1.54, 1.807) is 0 Å². The van der Waals surface area contributed by atoms with E-state index in [1.807, 2.05) is 13.8 Å². The molecule has 0 radical (unpaired) electrons. The van der Waals surface area contributed by atoms with Crippen molar-refractivity contribution in [3.63, 3.8) is 0 Å². The standard InChI is InChI=1S/C12H22N2O3S/c1-3-16-8-9(2)14-11(15)12(10(13)18)4-6-17-7-5-12/h9H,3-8H2,1-2H3,(H2,13,18)(H,14,15). The number of ether oxygens (including phenoxy) is 2. The third kappa shape index (κ3) is 3.63. The lowest BCUT2D eigenvalue weighted by atomic mass is 9.79. The van der Waals surface area contributed by atoms with Crippen molar-refractivity contribution >= 4 is 23.1 Å². The first kappa shape index (κ1) is 15.3. The Morgan fingerprint density at radius 3 is 2.67 bits per heavy atom. The minimum absolute atomic E-state index is 0.0495. The van der Waals surface area contributed by atoms with Crippen molar-refractivity contribution < 1.29 is 14.3 Å². The van der Waals surface area contributed by atoms with Crippen LogP contribution >= 0.6 is 12.2 Å². The second-order valence-electron chi connectivity index (χ2n) is 4.59. The Hall–Kier alpha value is -0.720. The summed E-state index contributed by atoms with van der Waals surface area (Å²) in [5, 5.41) is 2.92. The maximum Gasteiger partial charge on any atom is 0.233 e. The number of amides is 1. The first-order chi connectivity index (χ1) is 8.53. The fourth-order valence-electron chi connectivity index (χ4n) is 2.00.